The highest BCUT2D eigenvalue weighted by atomic mass is 15.1. The molecule has 0 atom stereocenters. The summed E-state index contributed by atoms with van der Waals surface area (Å²) in [4.78, 5) is 2.59. The van der Waals surface area contributed by atoms with Crippen molar-refractivity contribution in [3.63, 3.8) is 0 Å². The smallest absolute Gasteiger partial charge is 0.0107 e. The lowest BCUT2D eigenvalue weighted by Crippen LogP contribution is -2.30. The molecule has 0 radical (unpaired) electrons. The van der Waals surface area contributed by atoms with Crippen LogP contribution in [0.1, 0.15) is 44.9 Å². The molecule has 2 rings (SSSR count). The first kappa shape index (κ1) is 11.4. The first-order valence-electron chi connectivity index (χ1n) is 6.88. The van der Waals surface area contributed by atoms with Crippen molar-refractivity contribution in [3.05, 3.63) is 0 Å². The van der Waals surface area contributed by atoms with E-state index in [0.29, 0.717) is 0 Å². The molecule has 1 saturated carbocycles. The second kappa shape index (κ2) is 6.49. The summed E-state index contributed by atoms with van der Waals surface area (Å²) >= 11 is 0. The van der Waals surface area contributed by atoms with Crippen molar-refractivity contribution in [2.45, 2.75) is 44.9 Å². The molecule has 88 valence electrons. The third kappa shape index (κ3) is 4.12. The van der Waals surface area contributed by atoms with E-state index in [-0.39, 0.29) is 0 Å². The van der Waals surface area contributed by atoms with E-state index in [4.69, 9.17) is 0 Å². The Morgan fingerprint density at radius 2 is 1.67 bits per heavy atom. The molecule has 2 fully saturated rings. The monoisotopic (exact) mass is 210 g/mol. The highest BCUT2D eigenvalue weighted by Crippen LogP contribution is 2.26. The molecule has 1 N–H and O–H groups in total. The predicted octanol–water partition coefficient (Wildman–Crippen LogP) is 2.25. The molecular weight excluding hydrogens is 184 g/mol. The van der Waals surface area contributed by atoms with Crippen molar-refractivity contribution in [2.24, 2.45) is 5.92 Å². The van der Waals surface area contributed by atoms with Crippen molar-refractivity contribution in [2.75, 3.05) is 32.7 Å². The van der Waals surface area contributed by atoms with E-state index in [1.165, 1.54) is 77.7 Å². The van der Waals surface area contributed by atoms with Gasteiger partial charge in [-0.05, 0) is 44.8 Å². The van der Waals surface area contributed by atoms with Gasteiger partial charge in [0, 0.05) is 13.1 Å². The maximum absolute atomic E-state index is 3.60. The third-order valence-corrected chi connectivity index (χ3v) is 4.01. The minimum absolute atomic E-state index is 1.05. The van der Waals surface area contributed by atoms with E-state index >= 15 is 0 Å². The molecule has 0 aromatic heterocycles. The van der Waals surface area contributed by atoms with Gasteiger partial charge in [-0.15, -0.1) is 0 Å². The Morgan fingerprint density at radius 3 is 2.40 bits per heavy atom. The first-order valence-corrected chi connectivity index (χ1v) is 6.88. The molecule has 15 heavy (non-hydrogen) atoms. The Labute approximate surface area is 94.4 Å². The Hall–Kier alpha value is -0.0800. The summed E-state index contributed by atoms with van der Waals surface area (Å²) in [5, 5.41) is 3.60. The second-order valence-electron chi connectivity index (χ2n) is 5.24. The van der Waals surface area contributed by atoms with Gasteiger partial charge in [-0.1, -0.05) is 25.7 Å². The number of hydrogen-bond donors (Lipinski definition) is 1. The minimum atomic E-state index is 1.05. The lowest BCUT2D eigenvalue weighted by atomic mass is 10.0. The summed E-state index contributed by atoms with van der Waals surface area (Å²) in [5.74, 6) is 1.05. The SMILES string of the molecule is C1CCC(CCNCCN2CCCC2)C1. The van der Waals surface area contributed by atoms with Crippen LogP contribution in [0.2, 0.25) is 0 Å². The number of nitrogens with one attached hydrogen (secondary N) is 1. The molecule has 2 heteroatoms. The van der Waals surface area contributed by atoms with Crippen LogP contribution >= 0.6 is 0 Å². The van der Waals surface area contributed by atoms with Gasteiger partial charge in [0.25, 0.3) is 0 Å². The Bertz CT molecular complexity index is 140. The molecule has 1 saturated heterocycles. The standard InChI is InChI=1S/C13H26N2/c1-2-6-13(5-1)7-8-14-9-12-15-10-3-4-11-15/h13-14H,1-12H2. The van der Waals surface area contributed by atoms with Crippen LogP contribution in [0.5, 0.6) is 0 Å². The zero-order valence-electron chi connectivity index (χ0n) is 10.0. The fraction of sp³-hybridized carbons (Fsp3) is 1.00. The molecule has 0 spiro atoms. The molecule has 2 aliphatic rings. The van der Waals surface area contributed by atoms with Gasteiger partial charge in [0.2, 0.25) is 0 Å². The van der Waals surface area contributed by atoms with Gasteiger partial charge in [0.05, 0.1) is 0 Å². The lowest BCUT2D eigenvalue weighted by molar-refractivity contribution is 0.333. The molecule has 0 aromatic rings. The summed E-state index contributed by atoms with van der Waals surface area (Å²) in [5.41, 5.74) is 0. The average Bonchev–Trinajstić information content (AvgIpc) is 2.88. The molecule has 0 amide bonds. The Morgan fingerprint density at radius 1 is 0.933 bits per heavy atom. The van der Waals surface area contributed by atoms with Crippen LogP contribution in [0.25, 0.3) is 0 Å². The van der Waals surface area contributed by atoms with Crippen molar-refractivity contribution in [1.82, 2.24) is 10.2 Å². The van der Waals surface area contributed by atoms with Crippen molar-refractivity contribution in [3.8, 4) is 0 Å². The van der Waals surface area contributed by atoms with E-state index in [1.54, 1.807) is 0 Å². The van der Waals surface area contributed by atoms with E-state index in [1.807, 2.05) is 0 Å². The van der Waals surface area contributed by atoms with Crippen LogP contribution in [-0.4, -0.2) is 37.6 Å². The van der Waals surface area contributed by atoms with Gasteiger partial charge < -0.3 is 10.2 Å². The number of likely N-dealkylation sites (tertiary alicyclic amines) is 1. The maximum atomic E-state index is 3.60. The summed E-state index contributed by atoms with van der Waals surface area (Å²) in [7, 11) is 0. The van der Waals surface area contributed by atoms with Gasteiger partial charge >= 0.3 is 0 Å². The molecule has 0 unspecified atom stereocenters. The topological polar surface area (TPSA) is 15.3 Å². The lowest BCUT2D eigenvalue weighted by Gasteiger charge is -2.15. The molecule has 1 heterocycles. The zero-order valence-corrected chi connectivity index (χ0v) is 10.0. The largest absolute Gasteiger partial charge is 0.315 e. The number of hydrogen-bond acceptors (Lipinski definition) is 2. The van der Waals surface area contributed by atoms with E-state index < -0.39 is 0 Å². The highest BCUT2D eigenvalue weighted by Gasteiger charge is 2.14. The normalized spacial score (nSPS) is 24.0. The molecular formula is C13H26N2. The van der Waals surface area contributed by atoms with Crippen LogP contribution in [0.3, 0.4) is 0 Å². The fourth-order valence-electron chi connectivity index (χ4n) is 2.97. The molecule has 1 aliphatic heterocycles. The Balaban J connectivity index is 1.41. The number of nitrogens with zero attached hydrogens (tertiary/aromatic N) is 1. The first-order chi connectivity index (χ1) is 7.45. The van der Waals surface area contributed by atoms with Crippen molar-refractivity contribution < 1.29 is 0 Å². The summed E-state index contributed by atoms with van der Waals surface area (Å²) in [6, 6.07) is 0. The van der Waals surface area contributed by atoms with E-state index in [9.17, 15) is 0 Å². The van der Waals surface area contributed by atoms with Crippen LogP contribution in [0, 0.1) is 5.92 Å². The fourth-order valence-corrected chi connectivity index (χ4v) is 2.97. The van der Waals surface area contributed by atoms with Gasteiger partial charge in [-0.3, -0.25) is 0 Å². The maximum Gasteiger partial charge on any atom is 0.0107 e. The number of rotatable bonds is 6. The van der Waals surface area contributed by atoms with Crippen LogP contribution in [0.15, 0.2) is 0 Å². The average molecular weight is 210 g/mol. The van der Waals surface area contributed by atoms with Crippen LogP contribution in [-0.2, 0) is 0 Å². The molecule has 0 bridgehead atoms. The van der Waals surface area contributed by atoms with Crippen LogP contribution < -0.4 is 5.32 Å². The van der Waals surface area contributed by atoms with Gasteiger partial charge in [0.15, 0.2) is 0 Å². The highest BCUT2D eigenvalue weighted by molar-refractivity contribution is 4.69. The molecule has 2 nitrogen and oxygen atoms in total. The quantitative estimate of drug-likeness (QED) is 0.677. The van der Waals surface area contributed by atoms with Gasteiger partial charge in [-0.2, -0.15) is 0 Å². The van der Waals surface area contributed by atoms with E-state index in [0.717, 1.165) is 5.92 Å². The summed E-state index contributed by atoms with van der Waals surface area (Å²) < 4.78 is 0. The molecule has 0 aromatic carbocycles. The predicted molar refractivity (Wildman–Crippen MR) is 65.1 cm³/mol. The van der Waals surface area contributed by atoms with Crippen molar-refractivity contribution >= 4 is 0 Å². The van der Waals surface area contributed by atoms with Gasteiger partial charge in [0.1, 0.15) is 0 Å². The zero-order chi connectivity index (χ0) is 10.3. The van der Waals surface area contributed by atoms with Crippen LogP contribution in [0.4, 0.5) is 0 Å². The third-order valence-electron chi connectivity index (χ3n) is 4.01. The summed E-state index contributed by atoms with van der Waals surface area (Å²) in [6.45, 7) is 6.39. The Kier molecular flexibility index (Phi) is 4.94. The van der Waals surface area contributed by atoms with Crippen molar-refractivity contribution in [1.29, 1.82) is 0 Å². The molecule has 1 aliphatic carbocycles. The van der Waals surface area contributed by atoms with Gasteiger partial charge in [-0.25, -0.2) is 0 Å². The summed E-state index contributed by atoms with van der Waals surface area (Å²) in [6.07, 6.45) is 10.2. The minimum Gasteiger partial charge on any atom is -0.315 e. The van der Waals surface area contributed by atoms with E-state index in [2.05, 4.69) is 10.2 Å². The second-order valence-corrected chi connectivity index (χ2v) is 5.24.